The Hall–Kier alpha value is -6.50. The third-order valence-electron chi connectivity index (χ3n) is 10.5. The Kier molecular flexibility index (Phi) is 6.60. The second-order valence-corrected chi connectivity index (χ2v) is 13.2. The molecular formula is C50H32. The quantitative estimate of drug-likeness (QED) is 0.169. The zero-order valence-electron chi connectivity index (χ0n) is 27.5. The monoisotopic (exact) mass is 632 g/mol. The van der Waals surface area contributed by atoms with Crippen LogP contribution >= 0.6 is 0 Å². The van der Waals surface area contributed by atoms with Crippen molar-refractivity contribution in [3.05, 3.63) is 194 Å². The molecule has 0 heteroatoms. The molecule has 0 aliphatic heterocycles. The zero-order chi connectivity index (χ0) is 33.0. The molecule has 0 saturated carbocycles. The maximum atomic E-state index is 2.46. The van der Waals surface area contributed by atoms with E-state index in [2.05, 4.69) is 194 Å². The second kappa shape index (κ2) is 11.6. The van der Waals surface area contributed by atoms with Gasteiger partial charge in [-0.2, -0.15) is 0 Å². The SMILES string of the molecule is c1ccc(-c2cccc3c(-c4ccc5c(-c6cccc7ccccc67)c6ccccc6c(-c6cccc7ccccc67)c5c4)cccc23)cc1. The van der Waals surface area contributed by atoms with Crippen LogP contribution in [0.15, 0.2) is 194 Å². The molecule has 0 bridgehead atoms. The number of rotatable bonds is 4. The van der Waals surface area contributed by atoms with Gasteiger partial charge in [0.25, 0.3) is 0 Å². The Morgan fingerprint density at radius 2 is 0.600 bits per heavy atom. The van der Waals surface area contributed by atoms with E-state index >= 15 is 0 Å². The van der Waals surface area contributed by atoms with Crippen LogP contribution in [0.2, 0.25) is 0 Å². The topological polar surface area (TPSA) is 0 Å². The van der Waals surface area contributed by atoms with E-state index in [1.807, 2.05) is 0 Å². The van der Waals surface area contributed by atoms with Crippen molar-refractivity contribution in [1.29, 1.82) is 0 Å². The standard InChI is InChI=1S/C50H32/c1-2-14-33(15-3-1)37-24-12-27-42-40(25-13-26-41(37)42)36-30-31-47-48(32-36)50(44-29-11-19-35-17-5-7-21-39(35)44)46-23-9-8-22-45(46)49(47)43-28-10-18-34-16-4-6-20-38(34)43/h1-32H. The van der Waals surface area contributed by atoms with Crippen molar-refractivity contribution in [2.45, 2.75) is 0 Å². The van der Waals surface area contributed by atoms with Gasteiger partial charge in [-0.1, -0.05) is 188 Å². The summed E-state index contributed by atoms with van der Waals surface area (Å²) in [6, 6.07) is 71.3. The highest BCUT2D eigenvalue weighted by molar-refractivity contribution is 6.26. The lowest BCUT2D eigenvalue weighted by Gasteiger charge is -2.21. The van der Waals surface area contributed by atoms with E-state index in [0.29, 0.717) is 0 Å². The van der Waals surface area contributed by atoms with E-state index in [1.165, 1.54) is 98.4 Å². The molecule has 0 radical (unpaired) electrons. The van der Waals surface area contributed by atoms with Crippen LogP contribution in [0.4, 0.5) is 0 Å². The highest BCUT2D eigenvalue weighted by atomic mass is 14.2. The summed E-state index contributed by atoms with van der Waals surface area (Å²) >= 11 is 0. The van der Waals surface area contributed by atoms with Crippen LogP contribution in [-0.4, -0.2) is 0 Å². The van der Waals surface area contributed by atoms with Gasteiger partial charge < -0.3 is 0 Å². The van der Waals surface area contributed by atoms with Crippen LogP contribution in [0.1, 0.15) is 0 Å². The average molecular weight is 633 g/mol. The Bertz CT molecular complexity index is 2900. The molecule has 0 fully saturated rings. The highest BCUT2D eigenvalue weighted by Crippen LogP contribution is 2.48. The van der Waals surface area contributed by atoms with Crippen molar-refractivity contribution >= 4 is 53.9 Å². The van der Waals surface area contributed by atoms with Crippen LogP contribution in [0.3, 0.4) is 0 Å². The van der Waals surface area contributed by atoms with E-state index in [1.54, 1.807) is 0 Å². The first-order chi connectivity index (χ1) is 24.8. The van der Waals surface area contributed by atoms with E-state index in [9.17, 15) is 0 Å². The van der Waals surface area contributed by atoms with E-state index in [0.717, 1.165) is 0 Å². The van der Waals surface area contributed by atoms with Gasteiger partial charge in [-0.3, -0.25) is 0 Å². The summed E-state index contributed by atoms with van der Waals surface area (Å²) in [5.41, 5.74) is 10.0. The first-order valence-electron chi connectivity index (χ1n) is 17.4. The molecule has 0 saturated heterocycles. The molecule has 0 unspecified atom stereocenters. The molecular weight excluding hydrogens is 601 g/mol. The van der Waals surface area contributed by atoms with Gasteiger partial charge in [0.2, 0.25) is 0 Å². The first-order valence-corrected chi connectivity index (χ1v) is 17.4. The molecule has 0 aliphatic rings. The van der Waals surface area contributed by atoms with Gasteiger partial charge in [0.15, 0.2) is 0 Å². The molecule has 0 atom stereocenters. The van der Waals surface area contributed by atoms with Crippen molar-refractivity contribution in [1.82, 2.24) is 0 Å². The Balaban J connectivity index is 1.34. The molecule has 0 aliphatic carbocycles. The number of benzene rings is 10. The van der Waals surface area contributed by atoms with E-state index in [4.69, 9.17) is 0 Å². The van der Waals surface area contributed by atoms with Crippen molar-refractivity contribution < 1.29 is 0 Å². The summed E-state index contributed by atoms with van der Waals surface area (Å²) < 4.78 is 0. The molecule has 10 rings (SSSR count). The van der Waals surface area contributed by atoms with Crippen LogP contribution < -0.4 is 0 Å². The fourth-order valence-electron chi connectivity index (χ4n) is 8.24. The fourth-order valence-corrected chi connectivity index (χ4v) is 8.24. The number of hydrogen-bond donors (Lipinski definition) is 0. The predicted molar refractivity (Wildman–Crippen MR) is 216 cm³/mol. The summed E-state index contributed by atoms with van der Waals surface area (Å²) in [6.45, 7) is 0. The lowest BCUT2D eigenvalue weighted by molar-refractivity contribution is 1.64. The van der Waals surface area contributed by atoms with Crippen molar-refractivity contribution in [3.63, 3.8) is 0 Å². The van der Waals surface area contributed by atoms with Crippen LogP contribution in [0, 0.1) is 0 Å². The van der Waals surface area contributed by atoms with Crippen LogP contribution in [-0.2, 0) is 0 Å². The van der Waals surface area contributed by atoms with Gasteiger partial charge in [-0.25, -0.2) is 0 Å². The van der Waals surface area contributed by atoms with Crippen LogP contribution in [0.25, 0.3) is 98.4 Å². The molecule has 0 heterocycles. The lowest BCUT2D eigenvalue weighted by atomic mass is 9.82. The van der Waals surface area contributed by atoms with Gasteiger partial charge >= 0.3 is 0 Å². The molecule has 0 nitrogen and oxygen atoms in total. The number of fused-ring (bicyclic) bond motifs is 5. The lowest BCUT2D eigenvalue weighted by Crippen LogP contribution is -1.93. The highest BCUT2D eigenvalue weighted by Gasteiger charge is 2.20. The fraction of sp³-hybridized carbons (Fsp3) is 0. The molecule has 10 aromatic carbocycles. The normalized spacial score (nSPS) is 11.6. The zero-order valence-corrected chi connectivity index (χ0v) is 27.5. The van der Waals surface area contributed by atoms with E-state index < -0.39 is 0 Å². The molecule has 0 amide bonds. The molecule has 0 aromatic heterocycles. The minimum absolute atomic E-state index is 1.22. The molecule has 232 valence electrons. The molecule has 0 N–H and O–H groups in total. The largest absolute Gasteiger partial charge is 0.0622 e. The predicted octanol–water partition coefficient (Wildman–Crippen LogP) is 14.1. The van der Waals surface area contributed by atoms with Crippen molar-refractivity contribution in [3.8, 4) is 44.5 Å². The maximum absolute atomic E-state index is 2.46. The Morgan fingerprint density at radius 3 is 1.20 bits per heavy atom. The molecule has 0 spiro atoms. The first kappa shape index (κ1) is 28.5. The van der Waals surface area contributed by atoms with Gasteiger partial charge in [-0.05, 0) is 104 Å². The van der Waals surface area contributed by atoms with Crippen LogP contribution in [0.5, 0.6) is 0 Å². The van der Waals surface area contributed by atoms with Gasteiger partial charge in [0.1, 0.15) is 0 Å². The smallest absolute Gasteiger partial charge is 0.00199 e. The average Bonchev–Trinajstić information content (AvgIpc) is 3.19. The summed E-state index contributed by atoms with van der Waals surface area (Å²) in [5, 5.41) is 12.6. The van der Waals surface area contributed by atoms with Gasteiger partial charge in [-0.15, -0.1) is 0 Å². The summed E-state index contributed by atoms with van der Waals surface area (Å²) in [4.78, 5) is 0. The second-order valence-electron chi connectivity index (χ2n) is 13.2. The summed E-state index contributed by atoms with van der Waals surface area (Å²) in [6.07, 6.45) is 0. The van der Waals surface area contributed by atoms with Gasteiger partial charge in [0, 0.05) is 0 Å². The molecule has 50 heavy (non-hydrogen) atoms. The third kappa shape index (κ3) is 4.46. The minimum atomic E-state index is 1.22. The third-order valence-corrected chi connectivity index (χ3v) is 10.5. The van der Waals surface area contributed by atoms with Crippen molar-refractivity contribution in [2.24, 2.45) is 0 Å². The summed E-state index contributed by atoms with van der Waals surface area (Å²) in [5.74, 6) is 0. The summed E-state index contributed by atoms with van der Waals surface area (Å²) in [7, 11) is 0. The number of hydrogen-bond acceptors (Lipinski definition) is 0. The Morgan fingerprint density at radius 1 is 0.200 bits per heavy atom. The maximum Gasteiger partial charge on any atom is -0.00199 e. The minimum Gasteiger partial charge on any atom is -0.0622 e. The molecule has 10 aromatic rings. The van der Waals surface area contributed by atoms with Gasteiger partial charge in [0.05, 0.1) is 0 Å². The van der Waals surface area contributed by atoms with E-state index in [-0.39, 0.29) is 0 Å². The van der Waals surface area contributed by atoms with Crippen molar-refractivity contribution in [2.75, 3.05) is 0 Å². The Labute approximate surface area is 291 Å².